The van der Waals surface area contributed by atoms with Crippen molar-refractivity contribution in [1.82, 2.24) is 9.99 Å². The lowest BCUT2D eigenvalue weighted by molar-refractivity contribution is 0.0955. The maximum Gasteiger partial charge on any atom is 0.271 e. The van der Waals surface area contributed by atoms with Gasteiger partial charge in [0.1, 0.15) is 0 Å². The van der Waals surface area contributed by atoms with Crippen LogP contribution in [0.25, 0.3) is 5.69 Å². The first-order valence-corrected chi connectivity index (χ1v) is 14.7. The van der Waals surface area contributed by atoms with Crippen molar-refractivity contribution in [1.29, 1.82) is 0 Å². The Balaban J connectivity index is 1.48. The van der Waals surface area contributed by atoms with Crippen molar-refractivity contribution < 1.29 is 13.2 Å². The van der Waals surface area contributed by atoms with Gasteiger partial charge in [-0.2, -0.15) is 5.10 Å². The van der Waals surface area contributed by atoms with Crippen LogP contribution < -0.4 is 9.73 Å². The van der Waals surface area contributed by atoms with Crippen LogP contribution in [0.1, 0.15) is 38.4 Å². The molecule has 0 aliphatic carbocycles. The number of aromatic nitrogens is 1. The lowest BCUT2D eigenvalue weighted by atomic mass is 10.1. The van der Waals surface area contributed by atoms with Crippen LogP contribution in [0.4, 0.5) is 5.69 Å². The first kappa shape index (κ1) is 28.4. The molecule has 7 nitrogen and oxygen atoms in total. The van der Waals surface area contributed by atoms with Crippen molar-refractivity contribution >= 4 is 51.0 Å². The van der Waals surface area contributed by atoms with E-state index >= 15 is 0 Å². The van der Waals surface area contributed by atoms with Crippen molar-refractivity contribution in [2.24, 2.45) is 5.10 Å². The average Bonchev–Trinajstić information content (AvgIpc) is 3.15. The summed E-state index contributed by atoms with van der Waals surface area (Å²) in [5.74, 6) is -0.419. The number of amides is 1. The molecule has 3 aromatic carbocycles. The number of carbonyl (C=O) groups excluding carboxylic acids is 1. The molecule has 0 spiro atoms. The number of hydrogen-bond donors (Lipinski definition) is 1. The summed E-state index contributed by atoms with van der Waals surface area (Å²) in [6, 6.07) is 21.3. The Morgan fingerprint density at radius 1 is 1.00 bits per heavy atom. The van der Waals surface area contributed by atoms with Crippen molar-refractivity contribution in [3.63, 3.8) is 0 Å². The second-order valence-corrected chi connectivity index (χ2v) is 12.0. The summed E-state index contributed by atoms with van der Waals surface area (Å²) in [5.41, 5.74) is 8.70. The van der Waals surface area contributed by atoms with Gasteiger partial charge in [0, 0.05) is 27.5 Å². The zero-order valence-corrected chi connectivity index (χ0v) is 24.3. The number of benzene rings is 3. The second kappa shape index (κ2) is 11.7. The van der Waals surface area contributed by atoms with Gasteiger partial charge in [0.2, 0.25) is 10.0 Å². The van der Waals surface area contributed by atoms with E-state index in [1.807, 2.05) is 61.7 Å². The van der Waals surface area contributed by atoms with E-state index in [9.17, 15) is 13.2 Å². The molecule has 1 aromatic heterocycles. The zero-order chi connectivity index (χ0) is 28.3. The predicted molar refractivity (Wildman–Crippen MR) is 159 cm³/mol. The Labute approximate surface area is 238 Å². The van der Waals surface area contributed by atoms with Crippen molar-refractivity contribution in [3.8, 4) is 5.69 Å². The van der Waals surface area contributed by atoms with E-state index in [2.05, 4.69) is 10.5 Å². The summed E-state index contributed by atoms with van der Waals surface area (Å²) in [7, 11) is -3.55. The molecule has 39 heavy (non-hydrogen) atoms. The standard InChI is InChI=1S/C29H28Cl2N4O3S/c1-19-7-5-6-8-23(19)18-34(39(4,37)38)26-12-9-22(10-13-26)29(36)33-32-17-24-15-20(2)35(21(24)3)28-14-11-25(30)16-27(28)31/h5-17H,18H2,1-4H3,(H,33,36)/b32-17-. The summed E-state index contributed by atoms with van der Waals surface area (Å²) in [6.45, 7) is 6.02. The summed E-state index contributed by atoms with van der Waals surface area (Å²) >= 11 is 12.4. The summed E-state index contributed by atoms with van der Waals surface area (Å²) in [5, 5.41) is 5.21. The molecule has 0 saturated heterocycles. The monoisotopic (exact) mass is 582 g/mol. The van der Waals surface area contributed by atoms with Crippen LogP contribution in [0, 0.1) is 20.8 Å². The molecule has 0 saturated carbocycles. The second-order valence-electron chi connectivity index (χ2n) is 9.20. The molecule has 0 unspecified atom stereocenters. The van der Waals surface area contributed by atoms with Crippen LogP contribution in [0.5, 0.6) is 0 Å². The van der Waals surface area contributed by atoms with Crippen LogP contribution in [-0.4, -0.2) is 31.4 Å². The van der Waals surface area contributed by atoms with Crippen molar-refractivity contribution in [3.05, 3.63) is 116 Å². The van der Waals surface area contributed by atoms with Crippen LogP contribution >= 0.6 is 23.2 Å². The molecule has 10 heteroatoms. The molecule has 4 aromatic rings. The van der Waals surface area contributed by atoms with Crippen LogP contribution in [0.15, 0.2) is 77.9 Å². The Hall–Kier alpha value is -3.59. The quantitative estimate of drug-likeness (QED) is 0.192. The van der Waals surface area contributed by atoms with Crippen LogP contribution in [0.2, 0.25) is 10.0 Å². The van der Waals surface area contributed by atoms with Gasteiger partial charge in [0.25, 0.3) is 5.91 Å². The number of anilines is 1. The van der Waals surface area contributed by atoms with Gasteiger partial charge < -0.3 is 4.57 Å². The summed E-state index contributed by atoms with van der Waals surface area (Å²) in [6.07, 6.45) is 2.74. The molecule has 0 aliphatic rings. The number of aryl methyl sites for hydroxylation is 2. The van der Waals surface area contributed by atoms with E-state index in [0.717, 1.165) is 33.8 Å². The minimum absolute atomic E-state index is 0.195. The number of nitrogens with zero attached hydrogens (tertiary/aromatic N) is 3. The molecule has 0 fully saturated rings. The molecular formula is C29H28Cl2N4O3S. The van der Waals surface area contributed by atoms with Gasteiger partial charge in [-0.1, -0.05) is 47.5 Å². The van der Waals surface area contributed by atoms with Crippen molar-refractivity contribution in [2.45, 2.75) is 27.3 Å². The first-order valence-electron chi connectivity index (χ1n) is 12.1. The highest BCUT2D eigenvalue weighted by Crippen LogP contribution is 2.28. The third-order valence-electron chi connectivity index (χ3n) is 6.38. The number of carbonyl (C=O) groups is 1. The molecule has 0 radical (unpaired) electrons. The van der Waals surface area contributed by atoms with E-state index in [4.69, 9.17) is 23.2 Å². The number of halogens is 2. The highest BCUT2D eigenvalue weighted by atomic mass is 35.5. The maximum absolute atomic E-state index is 12.7. The molecule has 1 amide bonds. The van der Waals surface area contributed by atoms with Gasteiger partial charge in [-0.3, -0.25) is 9.10 Å². The molecule has 0 bridgehead atoms. The molecule has 1 heterocycles. The summed E-state index contributed by atoms with van der Waals surface area (Å²) in [4.78, 5) is 12.7. The molecule has 4 rings (SSSR count). The first-order chi connectivity index (χ1) is 18.5. The fourth-order valence-corrected chi connectivity index (χ4v) is 5.67. The van der Waals surface area contributed by atoms with E-state index < -0.39 is 15.9 Å². The van der Waals surface area contributed by atoms with E-state index in [-0.39, 0.29) is 6.54 Å². The molecule has 202 valence electrons. The van der Waals surface area contributed by atoms with Crippen LogP contribution in [0.3, 0.4) is 0 Å². The Morgan fingerprint density at radius 3 is 2.33 bits per heavy atom. The summed E-state index contributed by atoms with van der Waals surface area (Å²) < 4.78 is 28.4. The Morgan fingerprint density at radius 2 is 1.69 bits per heavy atom. The Kier molecular flexibility index (Phi) is 8.49. The van der Waals surface area contributed by atoms with Gasteiger partial charge in [-0.05, 0) is 80.4 Å². The fourth-order valence-electron chi connectivity index (χ4n) is 4.30. The average molecular weight is 584 g/mol. The molecule has 0 atom stereocenters. The normalized spacial score (nSPS) is 11.6. The molecule has 0 aliphatic heterocycles. The minimum Gasteiger partial charge on any atom is -0.316 e. The maximum atomic E-state index is 12.7. The number of hydrazone groups is 1. The number of nitrogens with one attached hydrogen (secondary N) is 1. The number of hydrogen-bond acceptors (Lipinski definition) is 4. The van der Waals surface area contributed by atoms with Gasteiger partial charge in [-0.25, -0.2) is 13.8 Å². The smallest absolute Gasteiger partial charge is 0.271 e. The Bertz CT molecular complexity index is 1660. The highest BCUT2D eigenvalue weighted by Gasteiger charge is 2.19. The third kappa shape index (κ3) is 6.53. The van der Waals surface area contributed by atoms with E-state index in [0.29, 0.717) is 21.3 Å². The minimum atomic E-state index is -3.55. The highest BCUT2D eigenvalue weighted by molar-refractivity contribution is 7.92. The van der Waals surface area contributed by atoms with Gasteiger partial charge in [0.15, 0.2) is 0 Å². The lowest BCUT2D eigenvalue weighted by Gasteiger charge is -2.23. The van der Waals surface area contributed by atoms with E-state index in [1.165, 1.54) is 10.6 Å². The van der Waals surface area contributed by atoms with Gasteiger partial charge in [0.05, 0.1) is 35.4 Å². The third-order valence-corrected chi connectivity index (χ3v) is 8.06. The molecular weight excluding hydrogens is 555 g/mol. The fraction of sp³-hybridized carbons (Fsp3) is 0.172. The SMILES string of the molecule is Cc1ccccc1CN(c1ccc(C(=O)N/N=C\c2cc(C)n(-c3ccc(Cl)cc3Cl)c2C)cc1)S(C)(=O)=O. The predicted octanol–water partition coefficient (Wildman–Crippen LogP) is 6.44. The number of sulfonamides is 1. The van der Waals surface area contributed by atoms with E-state index in [1.54, 1.807) is 42.6 Å². The topological polar surface area (TPSA) is 83.8 Å². The zero-order valence-electron chi connectivity index (χ0n) is 21.9. The van der Waals surface area contributed by atoms with Gasteiger partial charge in [-0.15, -0.1) is 0 Å². The largest absolute Gasteiger partial charge is 0.316 e. The van der Waals surface area contributed by atoms with Crippen molar-refractivity contribution in [2.75, 3.05) is 10.6 Å². The van der Waals surface area contributed by atoms with Crippen LogP contribution in [-0.2, 0) is 16.6 Å². The van der Waals surface area contributed by atoms with Gasteiger partial charge >= 0.3 is 0 Å². The molecule has 1 N–H and O–H groups in total. The number of rotatable bonds is 8. The lowest BCUT2D eigenvalue weighted by Crippen LogP contribution is -2.29.